The van der Waals surface area contributed by atoms with E-state index in [-0.39, 0.29) is 30.9 Å². The molecule has 0 unspecified atom stereocenters. The minimum atomic E-state index is -1.46. The molecular formula is C28H41NO8. The monoisotopic (exact) mass is 519 g/mol. The van der Waals surface area contributed by atoms with Crippen LogP contribution in [0.3, 0.4) is 0 Å². The Kier molecular flexibility index (Phi) is 8.69. The molecule has 9 nitrogen and oxygen atoms in total. The summed E-state index contributed by atoms with van der Waals surface area (Å²) in [6.45, 7) is 8.89. The molecule has 3 aliphatic rings. The van der Waals surface area contributed by atoms with Crippen molar-refractivity contribution in [1.29, 1.82) is 0 Å². The van der Waals surface area contributed by atoms with Crippen molar-refractivity contribution in [3.63, 3.8) is 0 Å². The van der Waals surface area contributed by atoms with Crippen molar-refractivity contribution in [1.82, 2.24) is 5.32 Å². The van der Waals surface area contributed by atoms with Crippen molar-refractivity contribution in [2.75, 3.05) is 20.3 Å². The number of amides is 1. The minimum absolute atomic E-state index is 0.0873. The van der Waals surface area contributed by atoms with Crippen LogP contribution in [-0.4, -0.2) is 66.3 Å². The maximum absolute atomic E-state index is 14.0. The molecular weight excluding hydrogens is 478 g/mol. The van der Waals surface area contributed by atoms with E-state index in [0.717, 1.165) is 5.57 Å². The summed E-state index contributed by atoms with van der Waals surface area (Å²) in [5.41, 5.74) is -0.843. The van der Waals surface area contributed by atoms with Gasteiger partial charge in [-0.05, 0) is 63.7 Å². The fourth-order valence-corrected chi connectivity index (χ4v) is 7.33. The fraction of sp³-hybridized carbons (Fsp3) is 0.714. The van der Waals surface area contributed by atoms with Gasteiger partial charge in [-0.3, -0.25) is 14.4 Å². The summed E-state index contributed by atoms with van der Waals surface area (Å²) >= 11 is 0. The minimum Gasteiger partial charge on any atom is -0.468 e. The lowest BCUT2D eigenvalue weighted by molar-refractivity contribution is -0.214. The zero-order valence-electron chi connectivity index (χ0n) is 22.7. The third-order valence-electron chi connectivity index (χ3n) is 9.39. The van der Waals surface area contributed by atoms with Gasteiger partial charge < -0.3 is 25.0 Å². The first-order valence-corrected chi connectivity index (χ1v) is 13.1. The van der Waals surface area contributed by atoms with E-state index in [1.807, 2.05) is 13.8 Å². The lowest BCUT2D eigenvalue weighted by Gasteiger charge is -2.62. The summed E-state index contributed by atoms with van der Waals surface area (Å²) in [6, 6.07) is 0. The Morgan fingerprint density at radius 2 is 1.89 bits per heavy atom. The third-order valence-corrected chi connectivity index (χ3v) is 9.39. The van der Waals surface area contributed by atoms with E-state index in [1.165, 1.54) is 13.2 Å². The second-order valence-corrected chi connectivity index (χ2v) is 11.2. The molecule has 3 aliphatic carbocycles. The highest BCUT2D eigenvalue weighted by Crippen LogP contribution is 2.64. The van der Waals surface area contributed by atoms with E-state index < -0.39 is 52.6 Å². The second-order valence-electron chi connectivity index (χ2n) is 11.2. The van der Waals surface area contributed by atoms with Crippen LogP contribution >= 0.6 is 0 Å². The number of aliphatic hydroxyl groups excluding tert-OH is 2. The van der Waals surface area contributed by atoms with E-state index in [1.54, 1.807) is 26.8 Å². The third kappa shape index (κ3) is 4.88. The van der Waals surface area contributed by atoms with E-state index >= 15 is 0 Å². The van der Waals surface area contributed by atoms with Crippen molar-refractivity contribution >= 4 is 23.6 Å². The predicted octanol–water partition coefficient (Wildman–Crippen LogP) is 2.10. The summed E-state index contributed by atoms with van der Waals surface area (Å²) in [5, 5.41) is 23.0. The summed E-state index contributed by atoms with van der Waals surface area (Å²) in [4.78, 5) is 52.2. The van der Waals surface area contributed by atoms with Gasteiger partial charge in [0.25, 0.3) is 0 Å². The molecule has 8 atom stereocenters. The molecule has 37 heavy (non-hydrogen) atoms. The number of rotatable bonds is 6. The molecule has 3 rings (SSSR count). The van der Waals surface area contributed by atoms with E-state index in [4.69, 9.17) is 14.6 Å². The number of hydrogen-bond acceptors (Lipinski definition) is 8. The molecule has 0 radical (unpaired) electrons. The summed E-state index contributed by atoms with van der Waals surface area (Å²) in [7, 11) is 1.25. The molecule has 9 heteroatoms. The topological polar surface area (TPSA) is 139 Å². The fourth-order valence-electron chi connectivity index (χ4n) is 7.33. The highest BCUT2D eigenvalue weighted by Gasteiger charge is 2.69. The molecule has 0 aromatic carbocycles. The second kappa shape index (κ2) is 11.1. The Morgan fingerprint density at radius 1 is 1.22 bits per heavy atom. The SMILES string of the molecule is C/C=C(\C)C(=O)O[C@H]1CC[C@@]2(C)[C@@H](C(=O)[C@H](O)[C@H]3[C@@H](C)/C(=C/C(=O)NCCO)CC[C@@H]32)[C@@]1(C)C(=O)OC. The molecule has 3 N–H and O–H groups in total. The van der Waals surface area contributed by atoms with E-state index in [2.05, 4.69) is 5.32 Å². The average Bonchev–Trinajstić information content (AvgIpc) is 2.87. The number of Topliss-reactive ketones (excluding diaryl/α,β-unsaturated/α-hetero) is 1. The van der Waals surface area contributed by atoms with Crippen LogP contribution in [0.15, 0.2) is 23.3 Å². The van der Waals surface area contributed by atoms with E-state index in [0.29, 0.717) is 31.3 Å². The maximum Gasteiger partial charge on any atom is 0.333 e. The molecule has 0 heterocycles. The number of nitrogens with one attached hydrogen (secondary N) is 1. The number of ether oxygens (including phenoxy) is 2. The van der Waals surface area contributed by atoms with Gasteiger partial charge in [0.1, 0.15) is 17.6 Å². The summed E-state index contributed by atoms with van der Waals surface area (Å²) in [6.07, 6.45) is 3.12. The number of ketones is 1. The van der Waals surface area contributed by atoms with Crippen molar-refractivity contribution in [2.24, 2.45) is 34.5 Å². The molecule has 3 fully saturated rings. The molecule has 0 saturated heterocycles. The molecule has 206 valence electrons. The first-order chi connectivity index (χ1) is 17.4. The molecule has 0 spiro atoms. The van der Waals surface area contributed by atoms with Crippen molar-refractivity contribution in [2.45, 2.75) is 72.5 Å². The zero-order valence-corrected chi connectivity index (χ0v) is 22.7. The molecule has 3 saturated carbocycles. The van der Waals surface area contributed by atoms with Gasteiger partial charge in [-0.2, -0.15) is 0 Å². The molecule has 1 amide bonds. The number of aliphatic hydroxyl groups is 2. The van der Waals surface area contributed by atoms with Gasteiger partial charge in [0, 0.05) is 30.0 Å². The van der Waals surface area contributed by atoms with Gasteiger partial charge in [0.05, 0.1) is 13.7 Å². The van der Waals surface area contributed by atoms with Gasteiger partial charge in [-0.25, -0.2) is 4.79 Å². The number of esters is 2. The van der Waals surface area contributed by atoms with Crippen LogP contribution < -0.4 is 5.32 Å². The van der Waals surface area contributed by atoms with Crippen LogP contribution in [0.5, 0.6) is 0 Å². The largest absolute Gasteiger partial charge is 0.468 e. The Bertz CT molecular complexity index is 1000. The van der Waals surface area contributed by atoms with E-state index in [9.17, 15) is 24.3 Å². The number of fused-ring (bicyclic) bond motifs is 3. The van der Waals surface area contributed by atoms with Crippen molar-refractivity contribution < 1.29 is 38.9 Å². The number of hydrogen-bond donors (Lipinski definition) is 3. The number of methoxy groups -OCH3 is 1. The first kappa shape index (κ1) is 29.0. The van der Waals surface area contributed by atoms with Gasteiger partial charge in [0.2, 0.25) is 5.91 Å². The Labute approximate surface area is 218 Å². The van der Waals surface area contributed by atoms with Crippen molar-refractivity contribution in [3.05, 3.63) is 23.3 Å². The van der Waals surface area contributed by atoms with Crippen molar-refractivity contribution in [3.8, 4) is 0 Å². The average molecular weight is 520 g/mol. The molecule has 0 aliphatic heterocycles. The highest BCUT2D eigenvalue weighted by molar-refractivity contribution is 5.95. The Balaban J connectivity index is 2.01. The predicted molar refractivity (Wildman–Crippen MR) is 135 cm³/mol. The molecule has 0 aromatic heterocycles. The van der Waals surface area contributed by atoms with Crippen LogP contribution in [0.25, 0.3) is 0 Å². The van der Waals surface area contributed by atoms with Gasteiger partial charge >= 0.3 is 11.9 Å². The zero-order chi connectivity index (χ0) is 27.7. The molecule has 0 aromatic rings. The van der Waals surface area contributed by atoms with Crippen LogP contribution in [0, 0.1) is 34.5 Å². The Morgan fingerprint density at radius 3 is 2.49 bits per heavy atom. The van der Waals surface area contributed by atoms with Gasteiger partial charge in [0.15, 0.2) is 5.78 Å². The smallest absolute Gasteiger partial charge is 0.333 e. The Hall–Kier alpha value is -2.52. The highest BCUT2D eigenvalue weighted by atomic mass is 16.6. The number of carbonyl (C=O) groups excluding carboxylic acids is 4. The number of allylic oxidation sites excluding steroid dienone is 2. The lowest BCUT2D eigenvalue weighted by atomic mass is 9.41. The van der Waals surface area contributed by atoms with Crippen LogP contribution in [-0.2, 0) is 28.7 Å². The van der Waals surface area contributed by atoms with Gasteiger partial charge in [-0.15, -0.1) is 0 Å². The van der Waals surface area contributed by atoms with Crippen LogP contribution in [0.1, 0.15) is 60.3 Å². The van der Waals surface area contributed by atoms with Crippen LogP contribution in [0.4, 0.5) is 0 Å². The molecule has 0 bridgehead atoms. The van der Waals surface area contributed by atoms with Crippen LogP contribution in [0.2, 0.25) is 0 Å². The summed E-state index contributed by atoms with van der Waals surface area (Å²) < 4.78 is 11.0. The standard InChI is InChI=1S/C28H41NO8/c1-7-15(2)25(34)37-19-10-11-27(4)18-9-8-17(14-20(31)29-12-13-30)16(3)21(18)22(32)23(33)24(27)28(19,5)26(35)36-6/h7,14,16,18-19,21-22,24,30,32H,8-13H2,1-6H3,(H,29,31)/b15-7+,17-14+/t16-,18-,19-,21-,22+,24+,27+,28-/m0/s1. The summed E-state index contributed by atoms with van der Waals surface area (Å²) in [5.74, 6) is -3.57. The number of carbonyl (C=O) groups is 4. The normalized spacial score (nSPS) is 38.9. The maximum atomic E-state index is 14.0. The first-order valence-electron chi connectivity index (χ1n) is 13.1. The van der Waals surface area contributed by atoms with Gasteiger partial charge in [-0.1, -0.05) is 25.5 Å². The quantitative estimate of drug-likeness (QED) is 0.358. The lowest BCUT2D eigenvalue weighted by Crippen LogP contribution is -2.68.